The average molecular weight is 162 g/mol. The van der Waals surface area contributed by atoms with E-state index in [2.05, 4.69) is 32.3 Å². The van der Waals surface area contributed by atoms with Gasteiger partial charge >= 0.3 is 0 Å². The zero-order chi connectivity index (χ0) is 8.10. The standard InChI is InChI=1S/C6H2N4S/c7-1-6-8-2-5(3-9-6)10-4-11/h2-3H. The number of aromatic nitrogens is 2. The van der Waals surface area contributed by atoms with Crippen LogP contribution in [-0.2, 0) is 0 Å². The molecule has 1 rings (SSSR count). The van der Waals surface area contributed by atoms with E-state index >= 15 is 0 Å². The number of thiocarbonyl (C=S) groups is 1. The fourth-order valence-electron chi connectivity index (χ4n) is 0.489. The van der Waals surface area contributed by atoms with Gasteiger partial charge in [0.1, 0.15) is 11.8 Å². The van der Waals surface area contributed by atoms with E-state index in [1.165, 1.54) is 12.4 Å². The van der Waals surface area contributed by atoms with Gasteiger partial charge in [-0.05, 0) is 12.2 Å². The van der Waals surface area contributed by atoms with Crippen LogP contribution >= 0.6 is 12.2 Å². The van der Waals surface area contributed by atoms with E-state index in [9.17, 15) is 0 Å². The van der Waals surface area contributed by atoms with Gasteiger partial charge in [0.2, 0.25) is 5.82 Å². The summed E-state index contributed by atoms with van der Waals surface area (Å²) in [7, 11) is 0. The summed E-state index contributed by atoms with van der Waals surface area (Å²) < 4.78 is 0. The fraction of sp³-hybridized carbons (Fsp3) is 0. The second-order valence-electron chi connectivity index (χ2n) is 1.58. The molecule has 0 aliphatic heterocycles. The SMILES string of the molecule is N#Cc1ncc(N=C=S)cn1. The van der Waals surface area contributed by atoms with Crippen LogP contribution in [0.15, 0.2) is 17.4 Å². The van der Waals surface area contributed by atoms with Crippen LogP contribution in [-0.4, -0.2) is 15.1 Å². The molecular formula is C6H2N4S. The maximum Gasteiger partial charge on any atom is 0.232 e. The second kappa shape index (κ2) is 3.52. The summed E-state index contributed by atoms with van der Waals surface area (Å²) in [6.07, 6.45) is 2.82. The Labute approximate surface area is 68.2 Å². The molecule has 1 aromatic heterocycles. The Morgan fingerprint density at radius 1 is 1.45 bits per heavy atom. The van der Waals surface area contributed by atoms with E-state index in [0.29, 0.717) is 5.69 Å². The van der Waals surface area contributed by atoms with Gasteiger partial charge in [0, 0.05) is 0 Å². The Morgan fingerprint density at radius 2 is 2.09 bits per heavy atom. The van der Waals surface area contributed by atoms with Gasteiger partial charge in [-0.15, -0.1) is 0 Å². The molecule has 0 spiro atoms. The molecule has 0 N–H and O–H groups in total. The van der Waals surface area contributed by atoms with Crippen LogP contribution in [0.2, 0.25) is 0 Å². The Balaban J connectivity index is 3.02. The summed E-state index contributed by atoms with van der Waals surface area (Å²) in [5.74, 6) is 0.119. The molecule has 0 unspecified atom stereocenters. The van der Waals surface area contributed by atoms with Crippen molar-refractivity contribution >= 4 is 23.1 Å². The molecule has 4 nitrogen and oxygen atoms in total. The fourth-order valence-corrected chi connectivity index (χ4v) is 0.595. The highest BCUT2D eigenvalue weighted by atomic mass is 32.1. The summed E-state index contributed by atoms with van der Waals surface area (Å²) >= 11 is 4.36. The van der Waals surface area contributed by atoms with E-state index in [1.54, 1.807) is 6.07 Å². The zero-order valence-corrected chi connectivity index (χ0v) is 6.17. The van der Waals surface area contributed by atoms with Crippen molar-refractivity contribution in [3.05, 3.63) is 18.2 Å². The molecule has 0 saturated carbocycles. The number of aliphatic imine (C=N–C) groups is 1. The maximum absolute atomic E-state index is 8.32. The van der Waals surface area contributed by atoms with Crippen molar-refractivity contribution < 1.29 is 0 Å². The van der Waals surface area contributed by atoms with Crippen LogP contribution in [0.5, 0.6) is 0 Å². The van der Waals surface area contributed by atoms with E-state index in [0.717, 1.165) is 0 Å². The smallest absolute Gasteiger partial charge is 0.225 e. The predicted molar refractivity (Wildman–Crippen MR) is 41.4 cm³/mol. The van der Waals surface area contributed by atoms with Gasteiger partial charge in [-0.2, -0.15) is 10.3 Å². The molecule has 0 aromatic carbocycles. The van der Waals surface area contributed by atoms with Gasteiger partial charge < -0.3 is 0 Å². The first kappa shape index (κ1) is 7.48. The number of nitrogens with zero attached hydrogens (tertiary/aromatic N) is 4. The molecule has 0 radical (unpaired) electrons. The minimum Gasteiger partial charge on any atom is -0.225 e. The Morgan fingerprint density at radius 3 is 2.55 bits per heavy atom. The first-order valence-electron chi connectivity index (χ1n) is 2.67. The van der Waals surface area contributed by atoms with E-state index in [-0.39, 0.29) is 5.82 Å². The molecule has 0 bridgehead atoms. The van der Waals surface area contributed by atoms with Crippen LogP contribution in [0.4, 0.5) is 5.69 Å². The predicted octanol–water partition coefficient (Wildman–Crippen LogP) is 1.08. The molecule has 0 fully saturated rings. The van der Waals surface area contributed by atoms with Crippen molar-refractivity contribution in [2.45, 2.75) is 0 Å². The molecular weight excluding hydrogens is 160 g/mol. The van der Waals surface area contributed by atoms with Crippen LogP contribution in [0.25, 0.3) is 0 Å². The molecule has 11 heavy (non-hydrogen) atoms. The van der Waals surface area contributed by atoms with Crippen molar-refractivity contribution in [2.24, 2.45) is 4.99 Å². The Hall–Kier alpha value is -1.63. The normalized spacial score (nSPS) is 7.91. The number of rotatable bonds is 1. The van der Waals surface area contributed by atoms with Crippen LogP contribution < -0.4 is 0 Å². The molecule has 5 heteroatoms. The molecule has 0 atom stereocenters. The number of nitriles is 1. The molecule has 1 aromatic rings. The summed E-state index contributed by atoms with van der Waals surface area (Å²) in [5, 5.41) is 10.5. The van der Waals surface area contributed by atoms with Crippen LogP contribution in [0.1, 0.15) is 5.82 Å². The summed E-state index contributed by atoms with van der Waals surface area (Å²) in [6, 6.07) is 1.79. The summed E-state index contributed by atoms with van der Waals surface area (Å²) in [5.41, 5.74) is 0.499. The van der Waals surface area contributed by atoms with Gasteiger partial charge in [0.15, 0.2) is 0 Å². The van der Waals surface area contributed by atoms with E-state index < -0.39 is 0 Å². The molecule has 0 saturated heterocycles. The zero-order valence-electron chi connectivity index (χ0n) is 5.35. The molecule has 52 valence electrons. The maximum atomic E-state index is 8.32. The molecule has 0 amide bonds. The molecule has 0 aliphatic carbocycles. The van der Waals surface area contributed by atoms with Gasteiger partial charge in [0.25, 0.3) is 0 Å². The average Bonchev–Trinajstić information content (AvgIpc) is 2.07. The lowest BCUT2D eigenvalue weighted by molar-refractivity contribution is 1.11. The van der Waals surface area contributed by atoms with E-state index in [4.69, 9.17) is 5.26 Å². The molecule has 1 heterocycles. The number of hydrogen-bond acceptors (Lipinski definition) is 5. The third kappa shape index (κ3) is 1.90. The highest BCUT2D eigenvalue weighted by molar-refractivity contribution is 7.78. The summed E-state index contributed by atoms with van der Waals surface area (Å²) in [6.45, 7) is 0. The third-order valence-electron chi connectivity index (χ3n) is 0.913. The number of hydrogen-bond donors (Lipinski definition) is 0. The first-order valence-corrected chi connectivity index (χ1v) is 3.07. The van der Waals surface area contributed by atoms with Crippen molar-refractivity contribution in [2.75, 3.05) is 0 Å². The highest BCUT2D eigenvalue weighted by Crippen LogP contribution is 2.04. The van der Waals surface area contributed by atoms with E-state index in [1.807, 2.05) is 0 Å². The van der Waals surface area contributed by atoms with Gasteiger partial charge in [-0.3, -0.25) is 0 Å². The van der Waals surface area contributed by atoms with Crippen LogP contribution in [0.3, 0.4) is 0 Å². The van der Waals surface area contributed by atoms with Gasteiger partial charge in [0.05, 0.1) is 17.6 Å². The largest absolute Gasteiger partial charge is 0.232 e. The lowest BCUT2D eigenvalue weighted by Gasteiger charge is -1.87. The van der Waals surface area contributed by atoms with Crippen molar-refractivity contribution in [3.63, 3.8) is 0 Å². The van der Waals surface area contributed by atoms with Crippen molar-refractivity contribution in [1.29, 1.82) is 5.26 Å². The van der Waals surface area contributed by atoms with Gasteiger partial charge in [-0.1, -0.05) is 0 Å². The quantitative estimate of drug-likeness (QED) is 0.458. The first-order chi connectivity index (χ1) is 5.36. The van der Waals surface area contributed by atoms with Crippen LogP contribution in [0, 0.1) is 11.3 Å². The van der Waals surface area contributed by atoms with Gasteiger partial charge in [-0.25, -0.2) is 9.97 Å². The summed E-state index contributed by atoms with van der Waals surface area (Å²) in [4.78, 5) is 10.9. The topological polar surface area (TPSA) is 61.9 Å². The minimum absolute atomic E-state index is 0.119. The number of isothiocyanates is 1. The highest BCUT2D eigenvalue weighted by Gasteiger charge is 1.91. The second-order valence-corrected chi connectivity index (χ2v) is 1.76. The molecule has 0 aliphatic rings. The van der Waals surface area contributed by atoms with Crippen molar-refractivity contribution in [1.82, 2.24) is 9.97 Å². The lowest BCUT2D eigenvalue weighted by Crippen LogP contribution is -1.84. The Kier molecular flexibility index (Phi) is 2.39. The Bertz CT molecular complexity index is 331. The third-order valence-corrected chi connectivity index (χ3v) is 1.00. The monoisotopic (exact) mass is 162 g/mol. The lowest BCUT2D eigenvalue weighted by atomic mass is 10.5. The van der Waals surface area contributed by atoms with Crippen molar-refractivity contribution in [3.8, 4) is 6.07 Å². The minimum atomic E-state index is 0.119.